The van der Waals surface area contributed by atoms with Gasteiger partial charge >= 0.3 is 0 Å². The molecule has 4 rings (SSSR count). The van der Waals surface area contributed by atoms with Crippen molar-refractivity contribution in [2.24, 2.45) is 11.8 Å². The Morgan fingerprint density at radius 1 is 0.870 bits per heavy atom. The summed E-state index contributed by atoms with van der Waals surface area (Å²) in [5.41, 5.74) is 2.67. The van der Waals surface area contributed by atoms with Crippen LogP contribution in [-0.4, -0.2) is 18.9 Å². The molecule has 0 aromatic heterocycles. The van der Waals surface area contributed by atoms with Crippen molar-refractivity contribution in [1.82, 2.24) is 5.32 Å². The van der Waals surface area contributed by atoms with Gasteiger partial charge < -0.3 is 5.32 Å². The lowest BCUT2D eigenvalue weighted by molar-refractivity contribution is -0.126. The summed E-state index contributed by atoms with van der Waals surface area (Å²) in [6.45, 7) is 1.77. The largest absolute Gasteiger partial charge is 0.316 e. The molecule has 23 heavy (non-hydrogen) atoms. The molecule has 1 heterocycles. The molecule has 1 saturated carbocycles. The standard InChI is InChI=1S/C20H21NO.ClH/c22-19-11-12-20(15-7-3-1-4-8-15,16-9-5-2-6-10-16)18-14-21-13-17(18)19;/h1-10,17-18,21H,11-14H2;1H/t17?,18-;/m0./s1. The SMILES string of the molecule is Cl.O=C1CCC(c2ccccc2)(c2ccccc2)[C@H]2CNCC12. The molecule has 0 amide bonds. The lowest BCUT2D eigenvalue weighted by Crippen LogP contribution is -2.47. The highest BCUT2D eigenvalue weighted by Crippen LogP contribution is 2.50. The minimum absolute atomic E-state index is 0. The Kier molecular flexibility index (Phi) is 4.56. The van der Waals surface area contributed by atoms with Crippen LogP contribution >= 0.6 is 12.4 Å². The molecule has 1 saturated heterocycles. The van der Waals surface area contributed by atoms with Crippen LogP contribution < -0.4 is 5.32 Å². The molecule has 2 fully saturated rings. The van der Waals surface area contributed by atoms with Crippen molar-refractivity contribution in [2.75, 3.05) is 13.1 Å². The molecule has 0 spiro atoms. The Hall–Kier alpha value is -1.64. The lowest BCUT2D eigenvalue weighted by Gasteiger charge is -2.45. The molecule has 2 aromatic carbocycles. The van der Waals surface area contributed by atoms with E-state index in [4.69, 9.17) is 0 Å². The quantitative estimate of drug-likeness (QED) is 0.913. The van der Waals surface area contributed by atoms with Gasteiger partial charge in [-0.2, -0.15) is 0 Å². The van der Waals surface area contributed by atoms with Gasteiger partial charge in [0.2, 0.25) is 0 Å². The first-order chi connectivity index (χ1) is 10.8. The number of ketones is 1. The zero-order chi connectivity index (χ0) is 15.0. The minimum atomic E-state index is -0.0371. The van der Waals surface area contributed by atoms with Crippen LogP contribution in [0.3, 0.4) is 0 Å². The number of fused-ring (bicyclic) bond motifs is 1. The molecule has 3 heteroatoms. The predicted octanol–water partition coefficient (Wildman–Crippen LogP) is 3.59. The summed E-state index contributed by atoms with van der Waals surface area (Å²) in [5.74, 6) is 0.963. The van der Waals surface area contributed by atoms with Crippen molar-refractivity contribution in [3.05, 3.63) is 71.8 Å². The topological polar surface area (TPSA) is 29.1 Å². The first-order valence-corrected chi connectivity index (χ1v) is 8.17. The maximum absolute atomic E-state index is 12.4. The number of hydrogen-bond donors (Lipinski definition) is 1. The highest BCUT2D eigenvalue weighted by atomic mass is 35.5. The van der Waals surface area contributed by atoms with E-state index in [1.807, 2.05) is 0 Å². The van der Waals surface area contributed by atoms with E-state index >= 15 is 0 Å². The zero-order valence-corrected chi connectivity index (χ0v) is 13.9. The second kappa shape index (κ2) is 6.46. The van der Waals surface area contributed by atoms with Crippen molar-refractivity contribution in [1.29, 1.82) is 0 Å². The van der Waals surface area contributed by atoms with E-state index in [1.165, 1.54) is 11.1 Å². The van der Waals surface area contributed by atoms with Gasteiger partial charge in [0, 0.05) is 24.3 Å². The Balaban J connectivity index is 0.00000156. The van der Waals surface area contributed by atoms with Gasteiger partial charge in [-0.25, -0.2) is 0 Å². The first-order valence-electron chi connectivity index (χ1n) is 8.17. The number of carbonyl (C=O) groups is 1. The zero-order valence-electron chi connectivity index (χ0n) is 13.1. The highest BCUT2D eigenvalue weighted by molar-refractivity contribution is 5.85. The number of carbonyl (C=O) groups excluding carboxylic acids is 1. The molecular weight excluding hydrogens is 306 g/mol. The fraction of sp³-hybridized carbons (Fsp3) is 0.350. The fourth-order valence-corrected chi connectivity index (χ4v) is 4.58. The van der Waals surface area contributed by atoms with E-state index in [0.717, 1.165) is 19.5 Å². The van der Waals surface area contributed by atoms with Gasteiger partial charge in [-0.15, -0.1) is 12.4 Å². The van der Waals surface area contributed by atoms with Gasteiger partial charge in [0.1, 0.15) is 5.78 Å². The number of halogens is 1. The summed E-state index contributed by atoms with van der Waals surface area (Å²) in [6, 6.07) is 21.6. The average molecular weight is 328 g/mol. The third kappa shape index (κ3) is 2.50. The Morgan fingerprint density at radius 3 is 2.00 bits per heavy atom. The highest BCUT2D eigenvalue weighted by Gasteiger charge is 2.52. The maximum atomic E-state index is 12.4. The Bertz CT molecular complexity index is 631. The van der Waals surface area contributed by atoms with Gasteiger partial charge in [0.25, 0.3) is 0 Å². The summed E-state index contributed by atoms with van der Waals surface area (Å²) in [4.78, 5) is 12.4. The number of rotatable bonds is 2. The van der Waals surface area contributed by atoms with Crippen molar-refractivity contribution >= 4 is 18.2 Å². The van der Waals surface area contributed by atoms with Crippen LogP contribution in [0.2, 0.25) is 0 Å². The summed E-state index contributed by atoms with van der Waals surface area (Å²) >= 11 is 0. The molecule has 2 nitrogen and oxygen atoms in total. The van der Waals surface area contributed by atoms with Crippen molar-refractivity contribution in [3.63, 3.8) is 0 Å². The lowest BCUT2D eigenvalue weighted by atomic mass is 9.56. The normalized spacial score (nSPS) is 25.5. The van der Waals surface area contributed by atoms with Crippen molar-refractivity contribution in [3.8, 4) is 0 Å². The van der Waals surface area contributed by atoms with Crippen LogP contribution in [0.25, 0.3) is 0 Å². The molecule has 2 aliphatic rings. The minimum Gasteiger partial charge on any atom is -0.316 e. The van der Waals surface area contributed by atoms with E-state index in [1.54, 1.807) is 0 Å². The van der Waals surface area contributed by atoms with Crippen LogP contribution in [0.5, 0.6) is 0 Å². The molecule has 120 valence electrons. The molecule has 1 N–H and O–H groups in total. The van der Waals surface area contributed by atoms with Gasteiger partial charge in [-0.05, 0) is 30.0 Å². The van der Waals surface area contributed by atoms with Crippen molar-refractivity contribution < 1.29 is 4.79 Å². The smallest absolute Gasteiger partial charge is 0.137 e. The third-order valence-corrected chi connectivity index (χ3v) is 5.60. The van der Waals surface area contributed by atoms with E-state index in [9.17, 15) is 4.79 Å². The summed E-state index contributed by atoms with van der Waals surface area (Å²) in [6.07, 6.45) is 1.61. The maximum Gasteiger partial charge on any atom is 0.137 e. The Morgan fingerprint density at radius 2 is 1.43 bits per heavy atom. The number of Topliss-reactive ketones (excluding diaryl/α,β-unsaturated/α-hetero) is 1. The van der Waals surface area contributed by atoms with Gasteiger partial charge in [0.15, 0.2) is 0 Å². The summed E-state index contributed by atoms with van der Waals surface area (Å²) in [5, 5.41) is 3.47. The average Bonchev–Trinajstić information content (AvgIpc) is 3.08. The van der Waals surface area contributed by atoms with Crippen LogP contribution in [0, 0.1) is 11.8 Å². The molecule has 0 bridgehead atoms. The molecule has 1 aliphatic carbocycles. The molecule has 2 atom stereocenters. The van der Waals surface area contributed by atoms with Gasteiger partial charge in [0.05, 0.1) is 0 Å². The van der Waals surface area contributed by atoms with Crippen LogP contribution in [-0.2, 0) is 10.2 Å². The molecule has 0 radical (unpaired) electrons. The number of hydrogen-bond acceptors (Lipinski definition) is 2. The second-order valence-electron chi connectivity index (χ2n) is 6.54. The summed E-state index contributed by atoms with van der Waals surface area (Å²) < 4.78 is 0. The summed E-state index contributed by atoms with van der Waals surface area (Å²) in [7, 11) is 0. The molecule has 2 aromatic rings. The second-order valence-corrected chi connectivity index (χ2v) is 6.54. The van der Waals surface area contributed by atoms with Crippen molar-refractivity contribution in [2.45, 2.75) is 18.3 Å². The number of benzene rings is 2. The van der Waals surface area contributed by atoms with E-state index in [0.29, 0.717) is 18.1 Å². The Labute approximate surface area is 143 Å². The van der Waals surface area contributed by atoms with Gasteiger partial charge in [-0.1, -0.05) is 60.7 Å². The van der Waals surface area contributed by atoms with E-state index in [2.05, 4.69) is 66.0 Å². The van der Waals surface area contributed by atoms with Gasteiger partial charge in [-0.3, -0.25) is 4.79 Å². The third-order valence-electron chi connectivity index (χ3n) is 5.60. The fourth-order valence-electron chi connectivity index (χ4n) is 4.58. The molecule has 1 unspecified atom stereocenters. The van der Waals surface area contributed by atoms with E-state index in [-0.39, 0.29) is 23.7 Å². The molecular formula is C20H22ClNO. The van der Waals surface area contributed by atoms with Crippen LogP contribution in [0.4, 0.5) is 0 Å². The first kappa shape index (κ1) is 16.2. The van der Waals surface area contributed by atoms with Crippen LogP contribution in [0.15, 0.2) is 60.7 Å². The van der Waals surface area contributed by atoms with E-state index < -0.39 is 0 Å². The predicted molar refractivity (Wildman–Crippen MR) is 95.0 cm³/mol. The molecule has 1 aliphatic heterocycles. The van der Waals surface area contributed by atoms with Crippen LogP contribution in [0.1, 0.15) is 24.0 Å². The monoisotopic (exact) mass is 327 g/mol. The number of nitrogens with one attached hydrogen (secondary N) is 1.